The van der Waals surface area contributed by atoms with Gasteiger partial charge in [-0.15, -0.1) is 0 Å². The van der Waals surface area contributed by atoms with Crippen molar-refractivity contribution in [1.29, 1.82) is 0 Å². The van der Waals surface area contributed by atoms with Crippen molar-refractivity contribution in [2.24, 2.45) is 5.73 Å². The second-order valence-electron chi connectivity index (χ2n) is 5.08. The summed E-state index contributed by atoms with van der Waals surface area (Å²) in [5, 5.41) is 0. The van der Waals surface area contributed by atoms with Gasteiger partial charge in [0.2, 0.25) is 0 Å². The van der Waals surface area contributed by atoms with Crippen molar-refractivity contribution in [3.8, 4) is 0 Å². The van der Waals surface area contributed by atoms with Crippen molar-refractivity contribution in [2.45, 2.75) is 39.2 Å². The first-order chi connectivity index (χ1) is 7.63. The van der Waals surface area contributed by atoms with E-state index in [4.69, 9.17) is 5.73 Å². The van der Waals surface area contributed by atoms with E-state index in [0.717, 1.165) is 19.5 Å². The fourth-order valence-corrected chi connectivity index (χ4v) is 2.56. The molecule has 88 valence electrons. The summed E-state index contributed by atoms with van der Waals surface area (Å²) in [7, 11) is 0. The summed E-state index contributed by atoms with van der Waals surface area (Å²) in [6.45, 7) is 8.72. The van der Waals surface area contributed by atoms with Gasteiger partial charge in [-0.3, -0.25) is 0 Å². The normalized spacial score (nSPS) is 19.3. The van der Waals surface area contributed by atoms with Crippen LogP contribution in [-0.4, -0.2) is 19.1 Å². The molecule has 0 amide bonds. The highest BCUT2D eigenvalue weighted by Crippen LogP contribution is 2.37. The lowest BCUT2D eigenvalue weighted by Crippen LogP contribution is -2.28. The van der Waals surface area contributed by atoms with Gasteiger partial charge in [0, 0.05) is 24.2 Å². The molecule has 1 atom stereocenters. The van der Waals surface area contributed by atoms with E-state index in [2.05, 4.69) is 43.9 Å². The average Bonchev–Trinajstić information content (AvgIpc) is 2.57. The second kappa shape index (κ2) is 4.46. The molecular formula is C14H22N2. The van der Waals surface area contributed by atoms with Crippen LogP contribution in [-0.2, 0) is 6.42 Å². The molecule has 0 saturated carbocycles. The van der Waals surface area contributed by atoms with Crippen LogP contribution in [0.15, 0.2) is 18.2 Å². The number of rotatable bonds is 3. The summed E-state index contributed by atoms with van der Waals surface area (Å²) in [6.07, 6.45) is 0.988. The van der Waals surface area contributed by atoms with Crippen LogP contribution >= 0.6 is 0 Å². The number of benzene rings is 1. The largest absolute Gasteiger partial charge is 0.368 e. The molecule has 1 unspecified atom stereocenters. The fraction of sp³-hybridized carbons (Fsp3) is 0.571. The Labute approximate surface area is 98.4 Å². The summed E-state index contributed by atoms with van der Waals surface area (Å²) >= 11 is 0. The fourth-order valence-electron chi connectivity index (χ4n) is 2.56. The van der Waals surface area contributed by atoms with Gasteiger partial charge in [0.1, 0.15) is 0 Å². The number of nitrogens with two attached hydrogens (primary N) is 1. The predicted molar refractivity (Wildman–Crippen MR) is 70.1 cm³/mol. The third kappa shape index (κ3) is 1.94. The van der Waals surface area contributed by atoms with Gasteiger partial charge in [0.05, 0.1) is 0 Å². The zero-order valence-corrected chi connectivity index (χ0v) is 10.5. The molecule has 16 heavy (non-hydrogen) atoms. The number of anilines is 1. The van der Waals surface area contributed by atoms with E-state index in [1.165, 1.54) is 16.8 Å². The lowest BCUT2D eigenvalue weighted by Gasteiger charge is -2.24. The Hall–Kier alpha value is -1.02. The number of hydrogen-bond acceptors (Lipinski definition) is 2. The maximum Gasteiger partial charge on any atom is 0.0404 e. The van der Waals surface area contributed by atoms with E-state index in [-0.39, 0.29) is 0 Å². The van der Waals surface area contributed by atoms with Gasteiger partial charge in [-0.25, -0.2) is 0 Å². The maximum absolute atomic E-state index is 5.61. The molecule has 0 aromatic heterocycles. The Kier molecular flexibility index (Phi) is 3.20. The lowest BCUT2D eigenvalue weighted by molar-refractivity contribution is 0.670. The van der Waals surface area contributed by atoms with Crippen LogP contribution in [0.4, 0.5) is 5.69 Å². The first kappa shape index (κ1) is 11.5. The molecule has 1 heterocycles. The highest BCUT2D eigenvalue weighted by molar-refractivity contribution is 5.61. The van der Waals surface area contributed by atoms with E-state index in [0.29, 0.717) is 12.0 Å². The van der Waals surface area contributed by atoms with Crippen LogP contribution in [0.2, 0.25) is 0 Å². The molecule has 0 saturated heterocycles. The summed E-state index contributed by atoms with van der Waals surface area (Å²) in [4.78, 5) is 2.49. The van der Waals surface area contributed by atoms with Crippen LogP contribution in [0.1, 0.15) is 37.8 Å². The Bertz CT molecular complexity index is 371. The maximum atomic E-state index is 5.61. The third-order valence-electron chi connectivity index (χ3n) is 3.46. The van der Waals surface area contributed by atoms with Gasteiger partial charge < -0.3 is 10.6 Å². The zero-order chi connectivity index (χ0) is 11.7. The van der Waals surface area contributed by atoms with Gasteiger partial charge >= 0.3 is 0 Å². The molecule has 0 bridgehead atoms. The van der Waals surface area contributed by atoms with Crippen LogP contribution < -0.4 is 10.6 Å². The number of fused-ring (bicyclic) bond motifs is 1. The SMILES string of the molecule is CC1CN(C(C)C)c2ccc(CCN)cc21. The molecule has 2 nitrogen and oxygen atoms in total. The summed E-state index contributed by atoms with van der Waals surface area (Å²) < 4.78 is 0. The first-order valence-corrected chi connectivity index (χ1v) is 6.23. The third-order valence-corrected chi connectivity index (χ3v) is 3.46. The molecule has 0 spiro atoms. The molecule has 1 aromatic carbocycles. The lowest BCUT2D eigenvalue weighted by atomic mass is 10.00. The molecule has 1 aliphatic heterocycles. The Morgan fingerprint density at radius 2 is 2.19 bits per heavy atom. The topological polar surface area (TPSA) is 29.3 Å². The predicted octanol–water partition coefficient (Wildman–Crippen LogP) is 2.52. The van der Waals surface area contributed by atoms with Crippen molar-refractivity contribution in [1.82, 2.24) is 0 Å². The van der Waals surface area contributed by atoms with Crippen molar-refractivity contribution >= 4 is 5.69 Å². The Morgan fingerprint density at radius 3 is 2.81 bits per heavy atom. The molecule has 2 rings (SSSR count). The van der Waals surface area contributed by atoms with Gasteiger partial charge in [-0.1, -0.05) is 19.1 Å². The van der Waals surface area contributed by atoms with Gasteiger partial charge in [0.15, 0.2) is 0 Å². The molecule has 2 N–H and O–H groups in total. The smallest absolute Gasteiger partial charge is 0.0404 e. The van der Waals surface area contributed by atoms with Crippen LogP contribution in [0.5, 0.6) is 0 Å². The number of hydrogen-bond donors (Lipinski definition) is 1. The monoisotopic (exact) mass is 218 g/mol. The highest BCUT2D eigenvalue weighted by atomic mass is 15.2. The molecular weight excluding hydrogens is 196 g/mol. The van der Waals surface area contributed by atoms with Gasteiger partial charge in [-0.05, 0) is 44.0 Å². The van der Waals surface area contributed by atoms with E-state index >= 15 is 0 Å². The van der Waals surface area contributed by atoms with Crippen molar-refractivity contribution in [3.05, 3.63) is 29.3 Å². The van der Waals surface area contributed by atoms with Crippen molar-refractivity contribution in [2.75, 3.05) is 18.0 Å². The average molecular weight is 218 g/mol. The molecule has 0 aliphatic carbocycles. The van der Waals surface area contributed by atoms with Crippen LogP contribution in [0.25, 0.3) is 0 Å². The minimum Gasteiger partial charge on any atom is -0.368 e. The van der Waals surface area contributed by atoms with E-state index in [9.17, 15) is 0 Å². The standard InChI is InChI=1S/C14H22N2/c1-10(2)16-9-11(3)13-8-12(6-7-15)4-5-14(13)16/h4-5,8,10-11H,6-7,9,15H2,1-3H3. The van der Waals surface area contributed by atoms with Crippen molar-refractivity contribution in [3.63, 3.8) is 0 Å². The molecule has 1 aliphatic rings. The first-order valence-electron chi connectivity index (χ1n) is 6.23. The highest BCUT2D eigenvalue weighted by Gasteiger charge is 2.26. The summed E-state index contributed by atoms with van der Waals surface area (Å²) in [6, 6.07) is 7.42. The molecule has 1 aromatic rings. The molecule has 2 heteroatoms. The Balaban J connectivity index is 2.33. The second-order valence-corrected chi connectivity index (χ2v) is 5.08. The van der Waals surface area contributed by atoms with Crippen molar-refractivity contribution < 1.29 is 0 Å². The quantitative estimate of drug-likeness (QED) is 0.844. The van der Waals surface area contributed by atoms with E-state index < -0.39 is 0 Å². The van der Waals surface area contributed by atoms with Crippen LogP contribution in [0.3, 0.4) is 0 Å². The van der Waals surface area contributed by atoms with Gasteiger partial charge in [-0.2, -0.15) is 0 Å². The minimum atomic E-state index is 0.587. The summed E-state index contributed by atoms with van der Waals surface area (Å²) in [5.74, 6) is 0.648. The van der Waals surface area contributed by atoms with E-state index in [1.54, 1.807) is 0 Å². The summed E-state index contributed by atoms with van der Waals surface area (Å²) in [5.41, 5.74) is 9.90. The molecule has 0 fully saturated rings. The van der Waals surface area contributed by atoms with E-state index in [1.807, 2.05) is 0 Å². The van der Waals surface area contributed by atoms with Crippen LogP contribution in [0, 0.1) is 0 Å². The molecule has 0 radical (unpaired) electrons. The zero-order valence-electron chi connectivity index (χ0n) is 10.5. The van der Waals surface area contributed by atoms with Gasteiger partial charge in [0.25, 0.3) is 0 Å². The Morgan fingerprint density at radius 1 is 1.44 bits per heavy atom. The minimum absolute atomic E-state index is 0.587. The number of nitrogens with zero attached hydrogens (tertiary/aromatic N) is 1.